The van der Waals surface area contributed by atoms with E-state index in [1.165, 1.54) is 0 Å². The molecule has 3 nitrogen and oxygen atoms in total. The summed E-state index contributed by atoms with van der Waals surface area (Å²) in [6.45, 7) is 0. The zero-order valence-corrected chi connectivity index (χ0v) is 14.2. The Morgan fingerprint density at radius 1 is 1.18 bits per heavy atom. The number of nitrogens with zero attached hydrogens (tertiary/aromatic N) is 1. The number of carbonyl (C=O) groups is 1. The lowest BCUT2D eigenvalue weighted by molar-refractivity contribution is -0.112. The lowest BCUT2D eigenvalue weighted by Crippen LogP contribution is -2.13. The second kappa shape index (κ2) is 7.83. The molecule has 22 heavy (non-hydrogen) atoms. The van der Waals surface area contributed by atoms with Crippen LogP contribution in [0.4, 0.5) is 5.69 Å². The average Bonchev–Trinajstić information content (AvgIpc) is 2.55. The number of anilines is 1. The van der Waals surface area contributed by atoms with Crippen LogP contribution in [0.25, 0.3) is 6.08 Å². The number of amides is 1. The minimum atomic E-state index is -0.418. The van der Waals surface area contributed by atoms with Crippen molar-refractivity contribution in [3.8, 4) is 6.07 Å². The Balaban J connectivity index is 2.15. The topological polar surface area (TPSA) is 52.9 Å². The molecule has 0 fully saturated rings. The molecule has 0 saturated carbocycles. The minimum absolute atomic E-state index is 0.0693. The van der Waals surface area contributed by atoms with E-state index in [0.717, 1.165) is 14.9 Å². The lowest BCUT2D eigenvalue weighted by Gasteiger charge is -2.04. The van der Waals surface area contributed by atoms with Crippen LogP contribution in [-0.2, 0) is 4.79 Å². The molecule has 0 aromatic heterocycles. The largest absolute Gasteiger partial charge is 0.321 e. The molecule has 0 bridgehead atoms. The number of carbonyl (C=O) groups excluding carboxylic acids is 1. The average molecular weight is 373 g/mol. The molecule has 0 aliphatic carbocycles. The normalized spacial score (nSPS) is 10.9. The highest BCUT2D eigenvalue weighted by Gasteiger charge is 2.09. The highest BCUT2D eigenvalue weighted by molar-refractivity contribution is 9.10. The van der Waals surface area contributed by atoms with Gasteiger partial charge in [0.25, 0.3) is 5.91 Å². The van der Waals surface area contributed by atoms with Crippen molar-refractivity contribution >= 4 is 45.4 Å². The molecule has 5 heteroatoms. The smallest absolute Gasteiger partial charge is 0.266 e. The summed E-state index contributed by atoms with van der Waals surface area (Å²) in [6.07, 6.45) is 3.58. The second-order valence-corrected chi connectivity index (χ2v) is 6.20. The first-order chi connectivity index (χ1) is 10.6. The van der Waals surface area contributed by atoms with Gasteiger partial charge in [-0.1, -0.05) is 28.1 Å². The van der Waals surface area contributed by atoms with E-state index in [-0.39, 0.29) is 5.57 Å². The van der Waals surface area contributed by atoms with Crippen LogP contribution in [0, 0.1) is 11.3 Å². The van der Waals surface area contributed by atoms with Crippen LogP contribution in [0.3, 0.4) is 0 Å². The number of nitriles is 1. The van der Waals surface area contributed by atoms with Crippen molar-refractivity contribution in [2.75, 3.05) is 11.6 Å². The van der Waals surface area contributed by atoms with E-state index in [0.29, 0.717) is 5.69 Å². The molecule has 0 aliphatic heterocycles. The fourth-order valence-electron chi connectivity index (χ4n) is 1.75. The number of halogens is 1. The Kier molecular flexibility index (Phi) is 5.82. The van der Waals surface area contributed by atoms with E-state index >= 15 is 0 Å². The van der Waals surface area contributed by atoms with Crippen molar-refractivity contribution in [2.45, 2.75) is 4.90 Å². The van der Waals surface area contributed by atoms with Crippen molar-refractivity contribution in [3.05, 3.63) is 64.1 Å². The maximum atomic E-state index is 12.1. The molecule has 0 aliphatic rings. The van der Waals surface area contributed by atoms with Crippen molar-refractivity contribution in [1.29, 1.82) is 5.26 Å². The van der Waals surface area contributed by atoms with E-state index < -0.39 is 5.91 Å². The van der Waals surface area contributed by atoms with Crippen LogP contribution >= 0.6 is 27.7 Å². The summed E-state index contributed by atoms with van der Waals surface area (Å²) >= 11 is 4.97. The Bertz CT molecular complexity index is 731. The van der Waals surface area contributed by atoms with Gasteiger partial charge in [-0.2, -0.15) is 5.26 Å². The molecule has 2 rings (SSSR count). The Hall–Kier alpha value is -2.03. The number of hydrogen-bond acceptors (Lipinski definition) is 3. The van der Waals surface area contributed by atoms with Gasteiger partial charge in [0.05, 0.1) is 0 Å². The molecule has 0 atom stereocenters. The third kappa shape index (κ3) is 4.48. The van der Waals surface area contributed by atoms with Gasteiger partial charge in [0, 0.05) is 15.1 Å². The van der Waals surface area contributed by atoms with E-state index in [1.54, 1.807) is 30.0 Å². The van der Waals surface area contributed by atoms with E-state index in [9.17, 15) is 10.1 Å². The van der Waals surface area contributed by atoms with Crippen molar-refractivity contribution < 1.29 is 4.79 Å². The summed E-state index contributed by atoms with van der Waals surface area (Å²) in [4.78, 5) is 13.3. The number of benzene rings is 2. The molecule has 0 unspecified atom stereocenters. The predicted molar refractivity (Wildman–Crippen MR) is 94.6 cm³/mol. The van der Waals surface area contributed by atoms with Gasteiger partial charge in [-0.15, -0.1) is 11.8 Å². The van der Waals surface area contributed by atoms with Gasteiger partial charge in [-0.25, -0.2) is 0 Å². The van der Waals surface area contributed by atoms with Crippen LogP contribution in [0.15, 0.2) is 63.5 Å². The molecule has 2 aromatic rings. The van der Waals surface area contributed by atoms with Crippen LogP contribution in [0.2, 0.25) is 0 Å². The summed E-state index contributed by atoms with van der Waals surface area (Å²) in [5.41, 5.74) is 1.53. The molecule has 1 amide bonds. The maximum Gasteiger partial charge on any atom is 0.266 e. The highest BCUT2D eigenvalue weighted by Crippen LogP contribution is 2.18. The van der Waals surface area contributed by atoms with E-state index in [2.05, 4.69) is 21.2 Å². The molecular formula is C17H13BrN2OS. The Morgan fingerprint density at radius 2 is 1.82 bits per heavy atom. The van der Waals surface area contributed by atoms with Crippen LogP contribution in [-0.4, -0.2) is 12.2 Å². The molecule has 110 valence electrons. The molecule has 2 aromatic carbocycles. The van der Waals surface area contributed by atoms with Crippen molar-refractivity contribution in [2.24, 2.45) is 0 Å². The molecule has 0 heterocycles. The third-order valence-corrected chi connectivity index (χ3v) is 4.17. The van der Waals surface area contributed by atoms with Gasteiger partial charge in [-0.3, -0.25) is 4.79 Å². The quantitative estimate of drug-likeness (QED) is 0.480. The summed E-state index contributed by atoms with van der Waals surface area (Å²) in [7, 11) is 0. The van der Waals surface area contributed by atoms with Gasteiger partial charge in [0.1, 0.15) is 11.6 Å². The van der Waals surface area contributed by atoms with Gasteiger partial charge in [-0.05, 0) is 54.3 Å². The number of rotatable bonds is 4. The van der Waals surface area contributed by atoms with E-state index in [4.69, 9.17) is 0 Å². The molecule has 0 radical (unpaired) electrons. The molecule has 1 N–H and O–H groups in total. The number of hydrogen-bond donors (Lipinski definition) is 1. The lowest BCUT2D eigenvalue weighted by atomic mass is 10.1. The summed E-state index contributed by atoms with van der Waals surface area (Å²) in [6, 6.07) is 16.8. The first-order valence-corrected chi connectivity index (χ1v) is 8.47. The minimum Gasteiger partial charge on any atom is -0.321 e. The predicted octanol–water partition coefficient (Wildman–Crippen LogP) is 4.72. The van der Waals surface area contributed by atoms with Crippen LogP contribution < -0.4 is 5.32 Å². The fraction of sp³-hybridized carbons (Fsp3) is 0.0588. The van der Waals surface area contributed by atoms with Gasteiger partial charge in [0.15, 0.2) is 0 Å². The summed E-state index contributed by atoms with van der Waals surface area (Å²) in [5.74, 6) is -0.418. The standard InChI is InChI=1S/C17H13BrN2OS/c1-22-16-8-2-12(3-9-16)10-13(11-19)17(21)20-15-6-4-14(18)5-7-15/h2-10H,1H3,(H,20,21)/b13-10-. The Morgan fingerprint density at radius 3 is 2.36 bits per heavy atom. The Labute approximate surface area is 142 Å². The summed E-state index contributed by atoms with van der Waals surface area (Å²) < 4.78 is 0.926. The first kappa shape index (κ1) is 16.3. The zero-order chi connectivity index (χ0) is 15.9. The number of nitrogens with one attached hydrogen (secondary N) is 1. The summed E-state index contributed by atoms with van der Waals surface area (Å²) in [5, 5.41) is 11.9. The SMILES string of the molecule is CSc1ccc(/C=C(/C#N)C(=O)Nc2ccc(Br)cc2)cc1. The second-order valence-electron chi connectivity index (χ2n) is 4.40. The first-order valence-electron chi connectivity index (χ1n) is 6.45. The van der Waals surface area contributed by atoms with E-state index in [1.807, 2.05) is 48.7 Å². The van der Waals surface area contributed by atoms with Crippen molar-refractivity contribution in [1.82, 2.24) is 0 Å². The monoisotopic (exact) mass is 372 g/mol. The highest BCUT2D eigenvalue weighted by atomic mass is 79.9. The molecule has 0 saturated heterocycles. The van der Waals surface area contributed by atoms with Crippen LogP contribution in [0.1, 0.15) is 5.56 Å². The van der Waals surface area contributed by atoms with Crippen LogP contribution in [0.5, 0.6) is 0 Å². The van der Waals surface area contributed by atoms with Crippen molar-refractivity contribution in [3.63, 3.8) is 0 Å². The zero-order valence-electron chi connectivity index (χ0n) is 11.8. The molecular weight excluding hydrogens is 360 g/mol. The van der Waals surface area contributed by atoms with Gasteiger partial charge >= 0.3 is 0 Å². The van der Waals surface area contributed by atoms with Gasteiger partial charge < -0.3 is 5.32 Å². The number of thioether (sulfide) groups is 1. The fourth-order valence-corrected chi connectivity index (χ4v) is 2.42. The third-order valence-electron chi connectivity index (χ3n) is 2.89. The van der Waals surface area contributed by atoms with Gasteiger partial charge in [0.2, 0.25) is 0 Å². The maximum absolute atomic E-state index is 12.1. The molecule has 0 spiro atoms.